The van der Waals surface area contributed by atoms with Gasteiger partial charge in [-0.05, 0) is 12.1 Å². The predicted octanol–water partition coefficient (Wildman–Crippen LogP) is 1.10. The first kappa shape index (κ1) is 12.0. The van der Waals surface area contributed by atoms with Gasteiger partial charge < -0.3 is 14.6 Å². The summed E-state index contributed by atoms with van der Waals surface area (Å²) in [6.07, 6.45) is -3.44. The zero-order valence-corrected chi connectivity index (χ0v) is 8.95. The van der Waals surface area contributed by atoms with E-state index in [2.05, 4.69) is 0 Å². The van der Waals surface area contributed by atoms with Crippen molar-refractivity contribution in [2.45, 2.75) is 18.4 Å². The van der Waals surface area contributed by atoms with E-state index in [0.717, 1.165) is 6.61 Å². The summed E-state index contributed by atoms with van der Waals surface area (Å²) in [5.74, 6) is -0.629. The summed E-state index contributed by atoms with van der Waals surface area (Å²) in [5, 5.41) is 8.93. The highest BCUT2D eigenvalue weighted by Crippen LogP contribution is 2.24. The number of ether oxygens (including phenoxy) is 2. The summed E-state index contributed by atoms with van der Waals surface area (Å²) in [7, 11) is 0. The molecular formula is C12H12FO4. The second-order valence-corrected chi connectivity index (χ2v) is 3.67. The van der Waals surface area contributed by atoms with E-state index in [9.17, 15) is 9.18 Å². The van der Waals surface area contributed by atoms with Crippen molar-refractivity contribution < 1.29 is 23.8 Å². The number of alkyl halides is 1. The van der Waals surface area contributed by atoms with Gasteiger partial charge in [-0.1, -0.05) is 18.2 Å². The molecule has 1 aromatic carbocycles. The van der Waals surface area contributed by atoms with Gasteiger partial charge in [-0.3, -0.25) is 0 Å². The van der Waals surface area contributed by atoms with Crippen LogP contribution in [0, 0.1) is 6.61 Å². The van der Waals surface area contributed by atoms with Crippen LogP contribution in [0.25, 0.3) is 0 Å². The van der Waals surface area contributed by atoms with Gasteiger partial charge in [0.05, 0.1) is 12.2 Å². The van der Waals surface area contributed by atoms with Crippen LogP contribution in [0.3, 0.4) is 0 Å². The minimum absolute atomic E-state index is 0.336. The van der Waals surface area contributed by atoms with Gasteiger partial charge >= 0.3 is 5.97 Å². The molecule has 1 aliphatic heterocycles. The fraction of sp³-hybridized carbons (Fsp3) is 0.333. The van der Waals surface area contributed by atoms with E-state index in [1.165, 1.54) is 0 Å². The van der Waals surface area contributed by atoms with Crippen LogP contribution in [-0.2, 0) is 9.47 Å². The molecule has 0 aromatic heterocycles. The number of aliphatic hydroxyl groups excluding tert-OH is 1. The lowest BCUT2D eigenvalue weighted by Gasteiger charge is -2.18. The Kier molecular flexibility index (Phi) is 3.71. The van der Waals surface area contributed by atoms with Crippen molar-refractivity contribution in [3.05, 3.63) is 42.5 Å². The maximum atomic E-state index is 13.3. The average molecular weight is 239 g/mol. The number of aliphatic hydroxyl groups is 1. The van der Waals surface area contributed by atoms with Crippen molar-refractivity contribution in [1.82, 2.24) is 0 Å². The molecule has 91 valence electrons. The Morgan fingerprint density at radius 2 is 2.12 bits per heavy atom. The van der Waals surface area contributed by atoms with Crippen LogP contribution in [0.1, 0.15) is 10.4 Å². The normalized spacial score (nSPS) is 28.0. The van der Waals surface area contributed by atoms with E-state index in [-0.39, 0.29) is 0 Å². The molecule has 0 unspecified atom stereocenters. The third-order valence-corrected chi connectivity index (χ3v) is 2.50. The standard InChI is InChI=1S/C12H12FO4/c13-9-7-16-10(6-14)11(9)17-12(15)8-4-2-1-3-5-8/h1-5,7,9-11,14H,6H2/t9-,10+,11-/m0/s1. The van der Waals surface area contributed by atoms with E-state index < -0.39 is 31.0 Å². The minimum atomic E-state index is -1.51. The molecule has 4 nitrogen and oxygen atoms in total. The SMILES string of the molecule is O=C(O[C@H]1[C@@H](F)[CH]O[C@@H]1CO)c1ccccc1. The van der Waals surface area contributed by atoms with E-state index in [0.29, 0.717) is 5.56 Å². The van der Waals surface area contributed by atoms with Gasteiger partial charge in [-0.2, -0.15) is 0 Å². The van der Waals surface area contributed by atoms with Crippen molar-refractivity contribution in [2.24, 2.45) is 0 Å². The fourth-order valence-corrected chi connectivity index (χ4v) is 1.59. The number of esters is 1. The lowest BCUT2D eigenvalue weighted by atomic mass is 10.1. The van der Waals surface area contributed by atoms with E-state index in [4.69, 9.17) is 14.6 Å². The number of carbonyl (C=O) groups is 1. The zero-order valence-electron chi connectivity index (χ0n) is 8.95. The molecule has 0 bridgehead atoms. The number of rotatable bonds is 3. The first-order valence-corrected chi connectivity index (χ1v) is 5.22. The van der Waals surface area contributed by atoms with Crippen molar-refractivity contribution in [2.75, 3.05) is 6.61 Å². The quantitative estimate of drug-likeness (QED) is 0.802. The molecule has 1 fully saturated rings. The summed E-state index contributed by atoms with van der Waals surface area (Å²) >= 11 is 0. The largest absolute Gasteiger partial charge is 0.453 e. The number of hydrogen-bond acceptors (Lipinski definition) is 4. The average Bonchev–Trinajstić information content (AvgIpc) is 2.71. The molecule has 1 saturated heterocycles. The van der Waals surface area contributed by atoms with Gasteiger partial charge in [0.25, 0.3) is 0 Å². The molecule has 17 heavy (non-hydrogen) atoms. The van der Waals surface area contributed by atoms with E-state index in [1.807, 2.05) is 0 Å². The summed E-state index contributed by atoms with van der Waals surface area (Å²) in [6, 6.07) is 8.28. The third-order valence-electron chi connectivity index (χ3n) is 2.50. The lowest BCUT2D eigenvalue weighted by Crippen LogP contribution is -2.35. The molecule has 0 saturated carbocycles. The number of halogens is 1. The minimum Gasteiger partial charge on any atom is -0.453 e. The topological polar surface area (TPSA) is 55.8 Å². The molecule has 0 spiro atoms. The molecule has 1 N–H and O–H groups in total. The summed E-state index contributed by atoms with van der Waals surface area (Å²) < 4.78 is 23.2. The molecule has 1 heterocycles. The monoisotopic (exact) mass is 239 g/mol. The van der Waals surface area contributed by atoms with Gasteiger partial charge in [0, 0.05) is 0 Å². The molecule has 1 radical (unpaired) electrons. The first-order chi connectivity index (χ1) is 8.22. The second-order valence-electron chi connectivity index (χ2n) is 3.67. The van der Waals surface area contributed by atoms with Gasteiger partial charge in [-0.15, -0.1) is 0 Å². The van der Waals surface area contributed by atoms with E-state index in [1.54, 1.807) is 30.3 Å². The highest BCUT2D eigenvalue weighted by atomic mass is 19.1. The summed E-state index contributed by atoms with van der Waals surface area (Å²) in [6.45, 7) is 0.535. The van der Waals surface area contributed by atoms with Crippen LogP contribution in [0.4, 0.5) is 4.39 Å². The van der Waals surface area contributed by atoms with Crippen LogP contribution < -0.4 is 0 Å². The molecular weight excluding hydrogens is 227 g/mol. The van der Waals surface area contributed by atoms with E-state index >= 15 is 0 Å². The molecule has 0 aliphatic carbocycles. The van der Waals surface area contributed by atoms with Crippen LogP contribution in [-0.4, -0.2) is 36.1 Å². The lowest BCUT2D eigenvalue weighted by molar-refractivity contribution is -0.0219. The smallest absolute Gasteiger partial charge is 0.338 e. The second kappa shape index (κ2) is 5.25. The number of carbonyl (C=O) groups excluding carboxylic acids is 1. The van der Waals surface area contributed by atoms with Crippen molar-refractivity contribution in [3.63, 3.8) is 0 Å². The number of benzene rings is 1. The highest BCUT2D eigenvalue weighted by Gasteiger charge is 2.40. The molecule has 3 atom stereocenters. The van der Waals surface area contributed by atoms with Crippen molar-refractivity contribution >= 4 is 5.97 Å². The highest BCUT2D eigenvalue weighted by molar-refractivity contribution is 5.89. The molecule has 5 heteroatoms. The Balaban J connectivity index is 2.03. The fourth-order valence-electron chi connectivity index (χ4n) is 1.59. The van der Waals surface area contributed by atoms with Crippen molar-refractivity contribution in [3.8, 4) is 0 Å². The Morgan fingerprint density at radius 1 is 1.41 bits per heavy atom. The maximum absolute atomic E-state index is 13.3. The number of hydrogen-bond donors (Lipinski definition) is 1. The Bertz CT molecular complexity index is 381. The summed E-state index contributed by atoms with van der Waals surface area (Å²) in [5.41, 5.74) is 0.336. The molecule has 1 aromatic rings. The Morgan fingerprint density at radius 3 is 2.76 bits per heavy atom. The summed E-state index contributed by atoms with van der Waals surface area (Å²) in [4.78, 5) is 11.7. The molecule has 0 amide bonds. The van der Waals surface area contributed by atoms with Crippen LogP contribution in [0.15, 0.2) is 30.3 Å². The Hall–Kier alpha value is -1.46. The van der Waals surface area contributed by atoms with Gasteiger partial charge in [0.1, 0.15) is 12.7 Å². The van der Waals surface area contributed by atoms with Gasteiger partial charge in [0.15, 0.2) is 12.3 Å². The molecule has 2 rings (SSSR count). The van der Waals surface area contributed by atoms with Gasteiger partial charge in [0.2, 0.25) is 0 Å². The third kappa shape index (κ3) is 2.62. The Labute approximate surface area is 98.0 Å². The maximum Gasteiger partial charge on any atom is 0.338 e. The van der Waals surface area contributed by atoms with Crippen LogP contribution in [0.2, 0.25) is 0 Å². The van der Waals surface area contributed by atoms with Crippen LogP contribution in [0.5, 0.6) is 0 Å². The first-order valence-electron chi connectivity index (χ1n) is 5.22. The molecule has 1 aliphatic rings. The van der Waals surface area contributed by atoms with Crippen molar-refractivity contribution in [1.29, 1.82) is 0 Å². The van der Waals surface area contributed by atoms with Crippen LogP contribution >= 0.6 is 0 Å². The predicted molar refractivity (Wildman–Crippen MR) is 56.8 cm³/mol. The zero-order chi connectivity index (χ0) is 12.3. The van der Waals surface area contributed by atoms with Gasteiger partial charge in [-0.25, -0.2) is 9.18 Å².